The maximum atomic E-state index is 13.7. The summed E-state index contributed by atoms with van der Waals surface area (Å²) in [6.45, 7) is 2.27. The summed E-state index contributed by atoms with van der Waals surface area (Å²) in [6.07, 6.45) is 0.255. The van der Waals surface area contributed by atoms with E-state index in [1.165, 1.54) is 25.1 Å². The van der Waals surface area contributed by atoms with Gasteiger partial charge >= 0.3 is 0 Å². The molecule has 34 heavy (non-hydrogen) atoms. The normalized spacial score (nSPS) is 16.5. The van der Waals surface area contributed by atoms with Gasteiger partial charge in [0.15, 0.2) is 17.7 Å². The Labute approximate surface area is 196 Å². The number of hydrogen-bond acceptors (Lipinski definition) is 4. The first kappa shape index (κ1) is 23.2. The Bertz CT molecular complexity index is 1210. The molecule has 3 aromatic rings. The molecule has 0 aliphatic carbocycles. The molecule has 2 N–H and O–H groups in total. The van der Waals surface area contributed by atoms with Crippen molar-refractivity contribution in [2.24, 2.45) is 5.92 Å². The third kappa shape index (κ3) is 5.17. The van der Waals surface area contributed by atoms with Gasteiger partial charge in [0.1, 0.15) is 0 Å². The second kappa shape index (κ2) is 10.3. The summed E-state index contributed by atoms with van der Waals surface area (Å²) in [5.41, 5.74) is 5.35. The molecule has 2 atom stereocenters. The molecule has 7 nitrogen and oxygen atoms in total. The van der Waals surface area contributed by atoms with Gasteiger partial charge in [-0.3, -0.25) is 25.2 Å². The highest BCUT2D eigenvalue weighted by atomic mass is 19.1. The van der Waals surface area contributed by atoms with Crippen molar-refractivity contribution in [1.29, 1.82) is 0 Å². The van der Waals surface area contributed by atoms with Crippen LogP contribution in [0.3, 0.4) is 0 Å². The Kier molecular flexibility index (Phi) is 7.06. The molecule has 1 fully saturated rings. The number of fused-ring (bicyclic) bond motifs is 1. The van der Waals surface area contributed by atoms with Crippen molar-refractivity contribution in [3.63, 3.8) is 0 Å². The lowest BCUT2D eigenvalue weighted by molar-refractivity contribution is -0.135. The number of nitrogens with zero attached hydrogens (tertiary/aromatic N) is 1. The molecule has 0 saturated carbocycles. The van der Waals surface area contributed by atoms with Crippen LogP contribution in [-0.2, 0) is 9.59 Å². The number of benzene rings is 3. The fourth-order valence-corrected chi connectivity index (χ4v) is 4.07. The van der Waals surface area contributed by atoms with Crippen molar-refractivity contribution in [2.75, 3.05) is 13.1 Å². The van der Waals surface area contributed by atoms with E-state index in [0.717, 1.165) is 10.8 Å². The highest BCUT2D eigenvalue weighted by molar-refractivity contribution is 6.07. The molecule has 176 valence electrons. The second-order valence-corrected chi connectivity index (χ2v) is 8.29. The van der Waals surface area contributed by atoms with Gasteiger partial charge in [0, 0.05) is 18.7 Å². The zero-order chi connectivity index (χ0) is 24.1. The van der Waals surface area contributed by atoms with E-state index in [4.69, 9.17) is 4.74 Å². The van der Waals surface area contributed by atoms with Crippen LogP contribution in [0.2, 0.25) is 0 Å². The number of hydrazine groups is 1. The fraction of sp³-hybridized carbons (Fsp3) is 0.269. The summed E-state index contributed by atoms with van der Waals surface area (Å²) in [4.78, 5) is 39.9. The van der Waals surface area contributed by atoms with Crippen LogP contribution in [0.15, 0.2) is 66.7 Å². The van der Waals surface area contributed by atoms with E-state index in [-0.39, 0.29) is 24.1 Å². The largest absolute Gasteiger partial charge is 0.478 e. The van der Waals surface area contributed by atoms with Crippen LogP contribution in [-0.4, -0.2) is 41.8 Å². The van der Waals surface area contributed by atoms with Crippen LogP contribution in [0.1, 0.15) is 30.1 Å². The maximum Gasteiger partial charge on any atom is 0.279 e. The van der Waals surface area contributed by atoms with E-state index < -0.39 is 23.7 Å². The zero-order valence-corrected chi connectivity index (χ0v) is 18.8. The molecule has 1 aliphatic rings. The Morgan fingerprint density at radius 1 is 1.00 bits per heavy atom. The molecule has 0 aromatic heterocycles. The monoisotopic (exact) mass is 463 g/mol. The zero-order valence-electron chi connectivity index (χ0n) is 18.8. The van der Waals surface area contributed by atoms with Crippen molar-refractivity contribution in [3.05, 3.63) is 78.1 Å². The van der Waals surface area contributed by atoms with Crippen LogP contribution in [0.25, 0.3) is 10.8 Å². The molecule has 4 rings (SSSR count). The SMILES string of the molecule is CC(Oc1ccccc1F)C(=O)NNC(=O)C1CCCN(C(=O)c2cccc3ccccc23)C1. The number of piperidine rings is 1. The Balaban J connectivity index is 1.34. The minimum atomic E-state index is -1.02. The Morgan fingerprint density at radius 3 is 2.56 bits per heavy atom. The molecule has 0 bridgehead atoms. The number of halogens is 1. The first-order chi connectivity index (χ1) is 16.4. The summed E-state index contributed by atoms with van der Waals surface area (Å²) in [5, 5.41) is 1.85. The molecule has 2 unspecified atom stereocenters. The van der Waals surface area contributed by atoms with Crippen LogP contribution in [0.5, 0.6) is 5.75 Å². The summed E-state index contributed by atoms with van der Waals surface area (Å²) >= 11 is 0. The number of hydrogen-bond donors (Lipinski definition) is 2. The van der Waals surface area contributed by atoms with Crippen LogP contribution in [0, 0.1) is 11.7 Å². The lowest BCUT2D eigenvalue weighted by Gasteiger charge is -2.32. The van der Waals surface area contributed by atoms with Crippen molar-refractivity contribution in [3.8, 4) is 5.75 Å². The second-order valence-electron chi connectivity index (χ2n) is 8.29. The van der Waals surface area contributed by atoms with Crippen molar-refractivity contribution in [2.45, 2.75) is 25.9 Å². The molecule has 8 heteroatoms. The number of likely N-dealkylation sites (tertiary alicyclic amines) is 1. The molecular formula is C26H26FN3O4. The Morgan fingerprint density at radius 2 is 1.74 bits per heavy atom. The lowest BCUT2D eigenvalue weighted by atomic mass is 9.96. The quantitative estimate of drug-likeness (QED) is 0.568. The summed E-state index contributed by atoms with van der Waals surface area (Å²) in [7, 11) is 0. The first-order valence-electron chi connectivity index (χ1n) is 11.2. The van der Waals surface area contributed by atoms with E-state index in [1.807, 2.05) is 36.4 Å². The molecule has 3 amide bonds. The van der Waals surface area contributed by atoms with E-state index in [2.05, 4.69) is 10.9 Å². The number of amides is 3. The van der Waals surface area contributed by atoms with Gasteiger partial charge in [0.05, 0.1) is 5.92 Å². The van der Waals surface area contributed by atoms with Gasteiger partial charge in [0.2, 0.25) is 5.91 Å². The van der Waals surface area contributed by atoms with Gasteiger partial charge in [-0.2, -0.15) is 0 Å². The van der Waals surface area contributed by atoms with Gasteiger partial charge in [-0.05, 0) is 48.7 Å². The number of carbonyl (C=O) groups excluding carboxylic acids is 3. The average molecular weight is 464 g/mol. The number of ether oxygens (including phenoxy) is 1. The van der Waals surface area contributed by atoms with Gasteiger partial charge < -0.3 is 9.64 Å². The molecule has 0 spiro atoms. The topological polar surface area (TPSA) is 87.7 Å². The van der Waals surface area contributed by atoms with Crippen LogP contribution in [0.4, 0.5) is 4.39 Å². The maximum absolute atomic E-state index is 13.7. The number of para-hydroxylation sites is 1. The van der Waals surface area contributed by atoms with E-state index >= 15 is 0 Å². The third-order valence-corrected chi connectivity index (χ3v) is 5.92. The van der Waals surface area contributed by atoms with E-state index in [1.54, 1.807) is 17.0 Å². The van der Waals surface area contributed by atoms with Gasteiger partial charge in [0.25, 0.3) is 11.8 Å². The molecular weight excluding hydrogens is 437 g/mol. The summed E-state index contributed by atoms with van der Waals surface area (Å²) < 4.78 is 19.0. The minimum absolute atomic E-state index is 0.0497. The van der Waals surface area contributed by atoms with E-state index in [0.29, 0.717) is 24.9 Å². The number of carbonyl (C=O) groups is 3. The standard InChI is InChI=1S/C26H26FN3O4/c1-17(34-23-14-5-4-13-22(23)27)24(31)28-29-25(32)19-10-7-15-30(16-19)26(33)21-12-6-9-18-8-2-3-11-20(18)21/h2-6,8-9,11-14,17,19H,7,10,15-16H2,1H3,(H,28,31)(H,29,32). The molecule has 1 heterocycles. The predicted molar refractivity (Wildman–Crippen MR) is 125 cm³/mol. The average Bonchev–Trinajstić information content (AvgIpc) is 2.87. The van der Waals surface area contributed by atoms with Crippen molar-refractivity contribution < 1.29 is 23.5 Å². The molecule has 1 aliphatic heterocycles. The predicted octanol–water partition coefficient (Wildman–Crippen LogP) is 3.45. The Hall–Kier alpha value is -3.94. The van der Waals surface area contributed by atoms with Crippen LogP contribution < -0.4 is 15.6 Å². The van der Waals surface area contributed by atoms with Crippen LogP contribution >= 0.6 is 0 Å². The van der Waals surface area contributed by atoms with Crippen molar-refractivity contribution in [1.82, 2.24) is 15.8 Å². The third-order valence-electron chi connectivity index (χ3n) is 5.92. The van der Waals surface area contributed by atoms with Crippen molar-refractivity contribution >= 4 is 28.5 Å². The molecule has 0 radical (unpaired) electrons. The summed E-state index contributed by atoms with van der Waals surface area (Å²) in [6, 6.07) is 19.1. The highest BCUT2D eigenvalue weighted by Crippen LogP contribution is 2.23. The van der Waals surface area contributed by atoms with Gasteiger partial charge in [-0.25, -0.2) is 4.39 Å². The van der Waals surface area contributed by atoms with Gasteiger partial charge in [-0.1, -0.05) is 48.5 Å². The van der Waals surface area contributed by atoms with E-state index in [9.17, 15) is 18.8 Å². The smallest absolute Gasteiger partial charge is 0.279 e. The molecule has 3 aromatic carbocycles. The van der Waals surface area contributed by atoms with Gasteiger partial charge in [-0.15, -0.1) is 0 Å². The molecule has 1 saturated heterocycles. The number of rotatable bonds is 5. The fourth-order valence-electron chi connectivity index (χ4n) is 4.07. The minimum Gasteiger partial charge on any atom is -0.478 e. The first-order valence-corrected chi connectivity index (χ1v) is 11.2. The highest BCUT2D eigenvalue weighted by Gasteiger charge is 2.30. The lowest BCUT2D eigenvalue weighted by Crippen LogP contribution is -2.52. The summed E-state index contributed by atoms with van der Waals surface area (Å²) in [5.74, 6) is -2.21. The number of nitrogens with one attached hydrogen (secondary N) is 2.